The van der Waals surface area contributed by atoms with Crippen molar-refractivity contribution in [1.82, 2.24) is 18.9 Å². The second kappa shape index (κ2) is 10.3. The molecule has 1 N–H and O–H groups in total. The lowest BCUT2D eigenvalue weighted by molar-refractivity contribution is -0.113. The van der Waals surface area contributed by atoms with Crippen LogP contribution in [0, 0.1) is 6.92 Å². The first-order valence-electron chi connectivity index (χ1n) is 11.8. The van der Waals surface area contributed by atoms with Gasteiger partial charge in [0.25, 0.3) is 5.56 Å². The third kappa shape index (κ3) is 4.72. The largest absolute Gasteiger partial charge is 0.319 e. The second-order valence-electron chi connectivity index (χ2n) is 8.54. The van der Waals surface area contributed by atoms with Crippen LogP contribution >= 0.6 is 11.8 Å². The molecule has 36 heavy (non-hydrogen) atoms. The molecule has 5 rings (SSSR count). The molecule has 1 amide bonds. The number of rotatable bonds is 8. The van der Waals surface area contributed by atoms with Crippen molar-refractivity contribution >= 4 is 34.4 Å². The van der Waals surface area contributed by atoms with Crippen LogP contribution in [-0.2, 0) is 24.8 Å². The van der Waals surface area contributed by atoms with Gasteiger partial charge in [0.05, 0.1) is 28.2 Å². The van der Waals surface area contributed by atoms with E-state index < -0.39 is 0 Å². The summed E-state index contributed by atoms with van der Waals surface area (Å²) in [4.78, 5) is 30.8. The maximum absolute atomic E-state index is 13.1. The van der Waals surface area contributed by atoms with Crippen molar-refractivity contribution in [1.29, 1.82) is 0 Å². The molecule has 5 aromatic rings. The zero-order valence-corrected chi connectivity index (χ0v) is 21.0. The van der Waals surface area contributed by atoms with Gasteiger partial charge in [0.2, 0.25) is 5.91 Å². The van der Waals surface area contributed by atoms with Gasteiger partial charge in [0.1, 0.15) is 5.69 Å². The van der Waals surface area contributed by atoms with Gasteiger partial charge in [-0.2, -0.15) is 0 Å². The fourth-order valence-electron chi connectivity index (χ4n) is 4.28. The number of nitrogens with zero attached hydrogens (tertiary/aromatic N) is 4. The number of nitrogens with one attached hydrogen (secondary N) is 1. The van der Waals surface area contributed by atoms with Gasteiger partial charge < -0.3 is 9.88 Å². The summed E-state index contributed by atoms with van der Waals surface area (Å²) in [5.41, 5.74) is 4.67. The van der Waals surface area contributed by atoms with Crippen molar-refractivity contribution in [2.24, 2.45) is 7.05 Å². The molecule has 0 bridgehead atoms. The summed E-state index contributed by atoms with van der Waals surface area (Å²) in [6, 6.07) is 27.7. The topological polar surface area (TPSA) is 73.8 Å². The first-order valence-corrected chi connectivity index (χ1v) is 12.8. The highest BCUT2D eigenvalue weighted by Crippen LogP contribution is 2.25. The summed E-state index contributed by atoms with van der Waals surface area (Å²) in [5, 5.41) is 3.63. The smallest absolute Gasteiger partial charge is 0.295 e. The minimum absolute atomic E-state index is 0.147. The van der Waals surface area contributed by atoms with Crippen LogP contribution in [0.1, 0.15) is 11.3 Å². The van der Waals surface area contributed by atoms with E-state index >= 15 is 0 Å². The number of para-hydroxylation sites is 3. The summed E-state index contributed by atoms with van der Waals surface area (Å²) >= 11 is 1.38. The Kier molecular flexibility index (Phi) is 6.77. The molecule has 0 spiro atoms. The Bertz CT molecular complexity index is 1570. The van der Waals surface area contributed by atoms with Gasteiger partial charge in [-0.25, -0.2) is 9.67 Å². The Morgan fingerprint density at radius 3 is 2.36 bits per heavy atom. The molecule has 0 aliphatic rings. The number of hydrogen-bond acceptors (Lipinski definition) is 4. The van der Waals surface area contributed by atoms with Crippen molar-refractivity contribution in [3.63, 3.8) is 0 Å². The highest BCUT2D eigenvalue weighted by molar-refractivity contribution is 7.99. The molecular weight excluding hydrogens is 470 g/mol. The number of benzene rings is 3. The molecule has 0 saturated heterocycles. The monoisotopic (exact) mass is 497 g/mol. The average Bonchev–Trinajstić information content (AvgIpc) is 3.36. The molecule has 0 fully saturated rings. The van der Waals surface area contributed by atoms with Crippen LogP contribution in [0.5, 0.6) is 0 Å². The number of carbonyl (C=O) groups is 1. The van der Waals surface area contributed by atoms with Crippen molar-refractivity contribution in [2.45, 2.75) is 25.0 Å². The first-order chi connectivity index (χ1) is 17.5. The number of imidazole rings is 1. The minimum Gasteiger partial charge on any atom is -0.319 e. The highest BCUT2D eigenvalue weighted by atomic mass is 32.2. The van der Waals surface area contributed by atoms with E-state index in [1.54, 1.807) is 9.36 Å². The summed E-state index contributed by atoms with van der Waals surface area (Å²) in [5.74, 6) is -0.0963. The van der Waals surface area contributed by atoms with E-state index in [1.807, 2.05) is 80.7 Å². The maximum Gasteiger partial charge on any atom is 0.295 e. The lowest BCUT2D eigenvalue weighted by Gasteiger charge is -2.09. The van der Waals surface area contributed by atoms with E-state index in [0.717, 1.165) is 34.8 Å². The van der Waals surface area contributed by atoms with Crippen LogP contribution in [0.2, 0.25) is 0 Å². The normalized spacial score (nSPS) is 11.2. The number of thioether (sulfide) groups is 1. The molecule has 0 unspecified atom stereocenters. The third-order valence-electron chi connectivity index (χ3n) is 6.24. The second-order valence-corrected chi connectivity index (χ2v) is 9.49. The molecule has 2 aromatic heterocycles. The quantitative estimate of drug-likeness (QED) is 0.312. The molecule has 0 radical (unpaired) electrons. The Morgan fingerprint density at radius 2 is 1.61 bits per heavy atom. The molecule has 2 heterocycles. The van der Waals surface area contributed by atoms with Gasteiger partial charge in [-0.05, 0) is 43.2 Å². The Balaban J connectivity index is 1.33. The van der Waals surface area contributed by atoms with Crippen LogP contribution in [0.25, 0.3) is 16.7 Å². The van der Waals surface area contributed by atoms with Crippen LogP contribution in [0.15, 0.2) is 94.9 Å². The van der Waals surface area contributed by atoms with Crippen LogP contribution in [0.4, 0.5) is 5.69 Å². The molecular formula is C28H27N5O2S. The number of amides is 1. The number of aryl methyl sites for hydroxylation is 2. The zero-order chi connectivity index (χ0) is 25.1. The number of aromatic nitrogens is 4. The van der Waals surface area contributed by atoms with Gasteiger partial charge >= 0.3 is 0 Å². The molecule has 3 aromatic carbocycles. The fourth-order valence-corrected chi connectivity index (χ4v) is 5.12. The van der Waals surface area contributed by atoms with Crippen molar-refractivity contribution in [3.8, 4) is 5.69 Å². The predicted molar refractivity (Wildman–Crippen MR) is 145 cm³/mol. The van der Waals surface area contributed by atoms with Crippen LogP contribution in [-0.4, -0.2) is 30.6 Å². The van der Waals surface area contributed by atoms with Crippen LogP contribution in [0.3, 0.4) is 0 Å². The number of anilines is 1. The van der Waals surface area contributed by atoms with Gasteiger partial charge in [0, 0.05) is 13.6 Å². The van der Waals surface area contributed by atoms with Gasteiger partial charge in [-0.15, -0.1) is 0 Å². The minimum atomic E-state index is -0.255. The first kappa shape index (κ1) is 23.7. The maximum atomic E-state index is 13.1. The predicted octanol–water partition coefficient (Wildman–Crippen LogP) is 4.81. The number of fused-ring (bicyclic) bond motifs is 1. The fraction of sp³-hybridized carbons (Fsp3) is 0.179. The SMILES string of the molecule is Cc1c(NC(=O)CSc2nc3ccccc3n2CCc2ccccc2)c(=O)n(-c2ccccc2)n1C. The molecule has 0 saturated carbocycles. The van der Waals surface area contributed by atoms with Crippen LogP contribution < -0.4 is 10.9 Å². The summed E-state index contributed by atoms with van der Waals surface area (Å²) in [6.45, 7) is 2.58. The van der Waals surface area contributed by atoms with Crippen molar-refractivity contribution in [3.05, 3.63) is 107 Å². The summed E-state index contributed by atoms with van der Waals surface area (Å²) in [7, 11) is 1.81. The lowest BCUT2D eigenvalue weighted by atomic mass is 10.1. The molecule has 0 aliphatic carbocycles. The Morgan fingerprint density at radius 1 is 0.944 bits per heavy atom. The van der Waals surface area contributed by atoms with Crippen molar-refractivity contribution in [2.75, 3.05) is 11.1 Å². The molecule has 0 atom stereocenters. The average molecular weight is 498 g/mol. The summed E-state index contributed by atoms with van der Waals surface area (Å²) < 4.78 is 5.47. The zero-order valence-electron chi connectivity index (χ0n) is 20.2. The lowest BCUT2D eigenvalue weighted by Crippen LogP contribution is -2.23. The van der Waals surface area contributed by atoms with Gasteiger partial charge in [-0.3, -0.25) is 14.3 Å². The van der Waals surface area contributed by atoms with Gasteiger partial charge in [0.15, 0.2) is 5.16 Å². The van der Waals surface area contributed by atoms with E-state index in [2.05, 4.69) is 28.1 Å². The molecule has 182 valence electrons. The number of carbonyl (C=O) groups excluding carboxylic acids is 1. The Labute approximate surface area is 213 Å². The highest BCUT2D eigenvalue weighted by Gasteiger charge is 2.19. The molecule has 0 aliphatic heterocycles. The van der Waals surface area contributed by atoms with Crippen molar-refractivity contribution < 1.29 is 4.79 Å². The Hall–Kier alpha value is -4.04. The van der Waals surface area contributed by atoms with E-state index in [1.165, 1.54) is 17.3 Å². The number of hydrogen-bond donors (Lipinski definition) is 1. The third-order valence-corrected chi connectivity index (χ3v) is 7.21. The van der Waals surface area contributed by atoms with E-state index in [4.69, 9.17) is 4.98 Å². The van der Waals surface area contributed by atoms with E-state index in [-0.39, 0.29) is 17.2 Å². The standard InChI is InChI=1S/C28H27N5O2S/c1-20-26(27(35)33(31(20)2)22-13-7-4-8-14-22)30-25(34)19-36-28-29-23-15-9-10-16-24(23)32(28)18-17-21-11-5-3-6-12-21/h3-16H,17-19H2,1-2H3,(H,30,34). The molecule has 7 nitrogen and oxygen atoms in total. The van der Waals surface area contributed by atoms with E-state index in [9.17, 15) is 9.59 Å². The molecule has 8 heteroatoms. The van der Waals surface area contributed by atoms with E-state index in [0.29, 0.717) is 11.4 Å². The van der Waals surface area contributed by atoms with Gasteiger partial charge in [-0.1, -0.05) is 72.4 Å². The summed E-state index contributed by atoms with van der Waals surface area (Å²) in [6.07, 6.45) is 0.864.